The highest BCUT2D eigenvalue weighted by molar-refractivity contribution is 9.09. The Morgan fingerprint density at radius 1 is 1.37 bits per heavy atom. The first-order valence-electron chi connectivity index (χ1n) is 6.87. The van der Waals surface area contributed by atoms with Crippen LogP contribution in [0.25, 0.3) is 0 Å². The van der Waals surface area contributed by atoms with E-state index in [1.165, 1.54) is 32.8 Å². The predicted molar refractivity (Wildman–Crippen MR) is 79.4 cm³/mol. The van der Waals surface area contributed by atoms with Gasteiger partial charge in [-0.1, -0.05) is 34.8 Å². The predicted octanol–water partition coefficient (Wildman–Crippen LogP) is 3.97. The Hall–Kier alpha value is -0.610. The van der Waals surface area contributed by atoms with Crippen LogP contribution in [0, 0.1) is 5.82 Å². The highest BCUT2D eigenvalue weighted by Gasteiger charge is 2.20. The van der Waals surface area contributed by atoms with Gasteiger partial charge in [0.25, 0.3) is 0 Å². The summed E-state index contributed by atoms with van der Waals surface area (Å²) in [4.78, 5) is 2.46. The third kappa shape index (κ3) is 3.93. The molecule has 1 unspecified atom stereocenters. The first-order valence-corrected chi connectivity index (χ1v) is 7.99. The van der Waals surface area contributed by atoms with E-state index in [2.05, 4.69) is 20.8 Å². The topological polar surface area (TPSA) is 12.5 Å². The Morgan fingerprint density at radius 2 is 2.21 bits per heavy atom. The average molecular weight is 330 g/mol. The molecule has 0 radical (unpaired) electrons. The van der Waals surface area contributed by atoms with Crippen molar-refractivity contribution in [3.63, 3.8) is 0 Å². The Labute approximate surface area is 123 Å². The molecular weight excluding hydrogens is 309 g/mol. The van der Waals surface area contributed by atoms with Gasteiger partial charge in [-0.3, -0.25) is 4.90 Å². The lowest BCUT2D eigenvalue weighted by atomic mass is 10.1. The summed E-state index contributed by atoms with van der Waals surface area (Å²) >= 11 is 3.60. The van der Waals surface area contributed by atoms with Gasteiger partial charge in [-0.05, 0) is 37.1 Å². The summed E-state index contributed by atoms with van der Waals surface area (Å²) in [6.45, 7) is 1.92. The summed E-state index contributed by atoms with van der Waals surface area (Å²) in [5.74, 6) is 0.0434. The molecular formula is C15H21BrFNO. The van der Waals surface area contributed by atoms with E-state index in [-0.39, 0.29) is 5.82 Å². The van der Waals surface area contributed by atoms with Gasteiger partial charge in [0.15, 0.2) is 11.6 Å². The summed E-state index contributed by atoms with van der Waals surface area (Å²) < 4.78 is 18.7. The van der Waals surface area contributed by atoms with Crippen LogP contribution in [-0.2, 0) is 6.54 Å². The molecule has 4 heteroatoms. The van der Waals surface area contributed by atoms with Gasteiger partial charge in [-0.25, -0.2) is 4.39 Å². The van der Waals surface area contributed by atoms with E-state index in [9.17, 15) is 4.39 Å². The minimum Gasteiger partial charge on any atom is -0.494 e. The van der Waals surface area contributed by atoms with Gasteiger partial charge in [0.05, 0.1) is 7.11 Å². The summed E-state index contributed by atoms with van der Waals surface area (Å²) in [5, 5.41) is 0.992. The third-order valence-corrected chi connectivity index (χ3v) is 4.53. The smallest absolute Gasteiger partial charge is 0.165 e. The SMILES string of the molecule is COc1ccc(CN2CCCCCC2CBr)cc1F. The van der Waals surface area contributed by atoms with Crippen LogP contribution in [-0.4, -0.2) is 29.9 Å². The van der Waals surface area contributed by atoms with Crippen molar-refractivity contribution >= 4 is 15.9 Å². The van der Waals surface area contributed by atoms with Crippen LogP contribution in [0.15, 0.2) is 18.2 Å². The van der Waals surface area contributed by atoms with Crippen molar-refractivity contribution in [1.82, 2.24) is 4.90 Å². The third-order valence-electron chi connectivity index (χ3n) is 3.78. The second kappa shape index (κ2) is 7.25. The quantitative estimate of drug-likeness (QED) is 0.775. The maximum Gasteiger partial charge on any atom is 0.165 e. The normalized spacial score (nSPS) is 21.1. The zero-order valence-electron chi connectivity index (χ0n) is 11.4. The number of benzene rings is 1. The number of likely N-dealkylation sites (tertiary alicyclic amines) is 1. The molecule has 1 aromatic carbocycles. The van der Waals surface area contributed by atoms with E-state index in [1.54, 1.807) is 12.1 Å². The maximum absolute atomic E-state index is 13.7. The van der Waals surface area contributed by atoms with E-state index >= 15 is 0 Å². The zero-order valence-corrected chi connectivity index (χ0v) is 13.0. The second-order valence-corrected chi connectivity index (χ2v) is 5.74. The van der Waals surface area contributed by atoms with Crippen LogP contribution in [0.2, 0.25) is 0 Å². The molecule has 1 aliphatic rings. The number of hydrogen-bond donors (Lipinski definition) is 0. The highest BCUT2D eigenvalue weighted by atomic mass is 79.9. The number of rotatable bonds is 4. The van der Waals surface area contributed by atoms with Crippen molar-refractivity contribution in [1.29, 1.82) is 0 Å². The number of alkyl halides is 1. The fourth-order valence-corrected chi connectivity index (χ4v) is 3.40. The number of nitrogens with zero attached hydrogens (tertiary/aromatic N) is 1. The molecule has 0 spiro atoms. The minimum atomic E-state index is -0.273. The fraction of sp³-hybridized carbons (Fsp3) is 0.600. The first-order chi connectivity index (χ1) is 9.24. The lowest BCUT2D eigenvalue weighted by molar-refractivity contribution is 0.209. The molecule has 2 rings (SSSR count). The van der Waals surface area contributed by atoms with Crippen molar-refractivity contribution in [3.05, 3.63) is 29.6 Å². The average Bonchev–Trinajstić information content (AvgIpc) is 2.64. The molecule has 0 aliphatic carbocycles. The van der Waals surface area contributed by atoms with Crippen LogP contribution in [0.4, 0.5) is 4.39 Å². The molecule has 1 aromatic rings. The number of hydrogen-bond acceptors (Lipinski definition) is 2. The van der Waals surface area contributed by atoms with E-state index in [0.717, 1.165) is 24.0 Å². The van der Waals surface area contributed by atoms with Gasteiger partial charge < -0.3 is 4.74 Å². The molecule has 19 heavy (non-hydrogen) atoms. The lowest BCUT2D eigenvalue weighted by Gasteiger charge is -2.28. The van der Waals surface area contributed by atoms with Crippen LogP contribution in [0.5, 0.6) is 5.75 Å². The van der Waals surface area contributed by atoms with Crippen molar-refractivity contribution in [3.8, 4) is 5.75 Å². The summed E-state index contributed by atoms with van der Waals surface area (Å²) in [7, 11) is 1.49. The van der Waals surface area contributed by atoms with Crippen molar-refractivity contribution < 1.29 is 9.13 Å². The van der Waals surface area contributed by atoms with Crippen LogP contribution >= 0.6 is 15.9 Å². The van der Waals surface area contributed by atoms with E-state index < -0.39 is 0 Å². The molecule has 0 saturated carbocycles. The van der Waals surface area contributed by atoms with Gasteiger partial charge in [0.1, 0.15) is 0 Å². The summed E-state index contributed by atoms with van der Waals surface area (Å²) in [5.41, 5.74) is 1.02. The van der Waals surface area contributed by atoms with Gasteiger partial charge in [0.2, 0.25) is 0 Å². The summed E-state index contributed by atoms with van der Waals surface area (Å²) in [6.07, 6.45) is 5.06. The van der Waals surface area contributed by atoms with Crippen LogP contribution in [0.1, 0.15) is 31.2 Å². The highest BCUT2D eigenvalue weighted by Crippen LogP contribution is 2.23. The van der Waals surface area contributed by atoms with Crippen molar-refractivity contribution in [2.75, 3.05) is 19.0 Å². The second-order valence-electron chi connectivity index (χ2n) is 5.10. The fourth-order valence-electron chi connectivity index (χ4n) is 2.66. The standard InChI is InChI=1S/C15H21BrFNO/c1-19-15-7-6-12(9-14(15)17)11-18-8-4-2-3-5-13(18)10-16/h6-7,9,13H,2-5,8,10-11H2,1H3. The summed E-state index contributed by atoms with van der Waals surface area (Å²) in [6, 6.07) is 5.83. The maximum atomic E-state index is 13.7. The molecule has 1 fully saturated rings. The molecule has 2 nitrogen and oxygen atoms in total. The Bertz CT molecular complexity index is 413. The Balaban J connectivity index is 2.07. The molecule has 1 aliphatic heterocycles. The molecule has 106 valence electrons. The molecule has 1 atom stereocenters. The molecule has 0 N–H and O–H groups in total. The Kier molecular flexibility index (Phi) is 5.64. The van der Waals surface area contributed by atoms with Gasteiger partial charge in [0, 0.05) is 17.9 Å². The van der Waals surface area contributed by atoms with Crippen LogP contribution in [0.3, 0.4) is 0 Å². The number of methoxy groups -OCH3 is 1. The van der Waals surface area contributed by atoms with E-state index in [0.29, 0.717) is 11.8 Å². The van der Waals surface area contributed by atoms with E-state index in [1.807, 2.05) is 6.07 Å². The van der Waals surface area contributed by atoms with Crippen molar-refractivity contribution in [2.24, 2.45) is 0 Å². The monoisotopic (exact) mass is 329 g/mol. The van der Waals surface area contributed by atoms with Gasteiger partial charge in [-0.2, -0.15) is 0 Å². The number of ether oxygens (including phenoxy) is 1. The van der Waals surface area contributed by atoms with E-state index in [4.69, 9.17) is 4.74 Å². The molecule has 0 aromatic heterocycles. The zero-order chi connectivity index (χ0) is 13.7. The lowest BCUT2D eigenvalue weighted by Crippen LogP contribution is -2.35. The Morgan fingerprint density at radius 3 is 2.89 bits per heavy atom. The van der Waals surface area contributed by atoms with Crippen molar-refractivity contribution in [2.45, 2.75) is 38.3 Å². The minimum absolute atomic E-state index is 0.273. The molecule has 1 heterocycles. The molecule has 1 saturated heterocycles. The number of halogens is 2. The van der Waals surface area contributed by atoms with Gasteiger partial charge in [-0.15, -0.1) is 0 Å². The first kappa shape index (κ1) is 14.8. The molecule has 0 amide bonds. The van der Waals surface area contributed by atoms with Crippen LogP contribution < -0.4 is 4.74 Å². The van der Waals surface area contributed by atoms with Gasteiger partial charge >= 0.3 is 0 Å². The molecule has 0 bridgehead atoms. The largest absolute Gasteiger partial charge is 0.494 e.